The summed E-state index contributed by atoms with van der Waals surface area (Å²) in [6.07, 6.45) is 8.91. The largest absolute Gasteiger partial charge is 0.374 e. The number of allylic oxidation sites excluding steroid dienone is 2. The first-order chi connectivity index (χ1) is 8.08. The minimum absolute atomic E-state index is 0.166. The zero-order chi connectivity index (χ0) is 14.2. The van der Waals surface area contributed by atoms with Crippen LogP contribution in [0, 0.1) is 0 Å². The van der Waals surface area contributed by atoms with Crippen LogP contribution in [0.4, 0.5) is 0 Å². The molecule has 18 heavy (non-hydrogen) atoms. The van der Waals surface area contributed by atoms with Crippen LogP contribution in [0.5, 0.6) is 0 Å². The van der Waals surface area contributed by atoms with Gasteiger partial charge in [0.15, 0.2) is 0 Å². The first kappa shape index (κ1) is 17.1. The second-order valence-electron chi connectivity index (χ2n) is 3.64. The van der Waals surface area contributed by atoms with Crippen molar-refractivity contribution in [3.63, 3.8) is 0 Å². The third-order valence-electron chi connectivity index (χ3n) is 1.73. The Morgan fingerprint density at radius 3 is 2.11 bits per heavy atom. The highest BCUT2D eigenvalue weighted by atomic mass is 32.2. The summed E-state index contributed by atoms with van der Waals surface area (Å²) < 4.78 is 55.1. The summed E-state index contributed by atoms with van der Waals surface area (Å²) in [5.74, 6) is -0.166. The molecule has 0 saturated heterocycles. The second kappa shape index (κ2) is 7.52. The Morgan fingerprint density at radius 1 is 1.17 bits per heavy atom. The number of hydrogen-bond donors (Lipinski definition) is 2. The SMILES string of the molecule is CS(=O)(=O)O.O=S(=O)(O)CCCN1C=CC=CC1. The van der Waals surface area contributed by atoms with Gasteiger partial charge in [0.2, 0.25) is 0 Å². The van der Waals surface area contributed by atoms with Gasteiger partial charge < -0.3 is 4.90 Å². The van der Waals surface area contributed by atoms with Gasteiger partial charge in [-0.2, -0.15) is 16.8 Å². The Labute approximate surface area is 107 Å². The molecular weight excluding hydrogens is 282 g/mol. The van der Waals surface area contributed by atoms with Crippen LogP contribution in [0.2, 0.25) is 0 Å². The van der Waals surface area contributed by atoms with E-state index in [1.54, 1.807) is 0 Å². The molecule has 0 atom stereocenters. The summed E-state index contributed by atoms with van der Waals surface area (Å²) in [6, 6.07) is 0. The van der Waals surface area contributed by atoms with E-state index < -0.39 is 20.2 Å². The van der Waals surface area contributed by atoms with Gasteiger partial charge in [0, 0.05) is 13.1 Å². The van der Waals surface area contributed by atoms with Gasteiger partial charge >= 0.3 is 0 Å². The second-order valence-corrected chi connectivity index (χ2v) is 6.68. The molecule has 0 spiro atoms. The average Bonchev–Trinajstić information content (AvgIpc) is 2.14. The van der Waals surface area contributed by atoms with Crippen LogP contribution in [-0.2, 0) is 20.2 Å². The van der Waals surface area contributed by atoms with Crippen molar-refractivity contribution >= 4 is 20.2 Å². The van der Waals surface area contributed by atoms with Crippen LogP contribution in [0.3, 0.4) is 0 Å². The molecule has 0 saturated carbocycles. The third kappa shape index (κ3) is 15.1. The normalized spacial score (nSPS) is 15.2. The highest BCUT2D eigenvalue weighted by Gasteiger charge is 2.05. The van der Waals surface area contributed by atoms with E-state index in [0.29, 0.717) is 19.2 Å². The predicted molar refractivity (Wildman–Crippen MR) is 68.4 cm³/mol. The number of nitrogens with zero attached hydrogens (tertiary/aromatic N) is 1. The molecule has 2 N–H and O–H groups in total. The van der Waals surface area contributed by atoms with E-state index in [0.717, 1.165) is 6.54 Å². The summed E-state index contributed by atoms with van der Waals surface area (Å²) in [7, 11) is -7.46. The van der Waals surface area contributed by atoms with Crippen LogP contribution in [-0.4, -0.2) is 55.9 Å². The maximum absolute atomic E-state index is 10.4. The minimum atomic E-state index is -3.79. The van der Waals surface area contributed by atoms with Crippen LogP contribution in [0.25, 0.3) is 0 Å². The standard InChI is InChI=1S/C8H13NO3S.CH4O3S/c10-13(11,12)8-4-7-9-5-2-1-3-6-9;1-5(2,3)4/h1-3,5H,4,6-8H2,(H,10,11,12);1H3,(H,2,3,4). The molecule has 0 radical (unpaired) electrons. The molecule has 1 aliphatic rings. The van der Waals surface area contributed by atoms with Gasteiger partial charge in [-0.1, -0.05) is 12.2 Å². The Bertz CT molecular complexity index is 483. The Kier molecular flexibility index (Phi) is 7.14. The lowest BCUT2D eigenvalue weighted by Gasteiger charge is -2.19. The van der Waals surface area contributed by atoms with Crippen molar-refractivity contribution in [3.05, 3.63) is 24.4 Å². The highest BCUT2D eigenvalue weighted by molar-refractivity contribution is 7.85. The first-order valence-electron chi connectivity index (χ1n) is 5.03. The first-order valence-corrected chi connectivity index (χ1v) is 8.49. The maximum Gasteiger partial charge on any atom is 0.264 e. The molecule has 0 amide bonds. The van der Waals surface area contributed by atoms with Crippen LogP contribution >= 0.6 is 0 Å². The van der Waals surface area contributed by atoms with E-state index in [4.69, 9.17) is 9.11 Å². The van der Waals surface area contributed by atoms with Crippen molar-refractivity contribution in [1.29, 1.82) is 0 Å². The van der Waals surface area contributed by atoms with E-state index in [1.165, 1.54) is 0 Å². The molecule has 9 heteroatoms. The monoisotopic (exact) mass is 299 g/mol. The fourth-order valence-corrected chi connectivity index (χ4v) is 1.62. The summed E-state index contributed by atoms with van der Waals surface area (Å²) in [4.78, 5) is 1.99. The average molecular weight is 299 g/mol. The number of hydrogen-bond acceptors (Lipinski definition) is 5. The summed E-state index contributed by atoms with van der Waals surface area (Å²) >= 11 is 0. The molecule has 0 fully saturated rings. The van der Waals surface area contributed by atoms with Crippen LogP contribution < -0.4 is 0 Å². The Balaban J connectivity index is 0.000000494. The van der Waals surface area contributed by atoms with Gasteiger partial charge in [-0.25, -0.2) is 0 Å². The molecule has 7 nitrogen and oxygen atoms in total. The molecule has 1 rings (SSSR count). The summed E-state index contributed by atoms with van der Waals surface area (Å²) in [6.45, 7) is 1.46. The molecule has 106 valence electrons. The highest BCUT2D eigenvalue weighted by Crippen LogP contribution is 2.00. The topological polar surface area (TPSA) is 112 Å². The molecular formula is C9H17NO6S2. The van der Waals surface area contributed by atoms with Crippen molar-refractivity contribution in [2.75, 3.05) is 25.1 Å². The molecule has 0 bridgehead atoms. The predicted octanol–water partition coefficient (Wildman–Crippen LogP) is 0.154. The Hall–Kier alpha value is -0.900. The van der Waals surface area contributed by atoms with E-state index in [-0.39, 0.29) is 5.75 Å². The smallest absolute Gasteiger partial charge is 0.264 e. The quantitative estimate of drug-likeness (QED) is 0.711. The van der Waals surface area contributed by atoms with E-state index in [1.807, 2.05) is 29.3 Å². The maximum atomic E-state index is 10.4. The Morgan fingerprint density at radius 2 is 1.72 bits per heavy atom. The zero-order valence-corrected chi connectivity index (χ0v) is 11.6. The van der Waals surface area contributed by atoms with Gasteiger partial charge in [-0.05, 0) is 18.7 Å². The molecule has 1 aliphatic heterocycles. The molecule has 0 aromatic heterocycles. The van der Waals surface area contributed by atoms with Crippen LogP contribution in [0.15, 0.2) is 24.4 Å². The van der Waals surface area contributed by atoms with Crippen molar-refractivity contribution in [1.82, 2.24) is 4.90 Å². The van der Waals surface area contributed by atoms with Crippen molar-refractivity contribution < 1.29 is 25.9 Å². The third-order valence-corrected chi connectivity index (χ3v) is 2.54. The molecule has 0 unspecified atom stereocenters. The number of rotatable bonds is 4. The summed E-state index contributed by atoms with van der Waals surface area (Å²) in [5, 5.41) is 0. The molecule has 1 heterocycles. The van der Waals surface area contributed by atoms with Gasteiger partial charge in [0.05, 0.1) is 12.0 Å². The fraction of sp³-hybridized carbons (Fsp3) is 0.556. The van der Waals surface area contributed by atoms with E-state index in [2.05, 4.69) is 0 Å². The van der Waals surface area contributed by atoms with Gasteiger partial charge in [-0.15, -0.1) is 0 Å². The minimum Gasteiger partial charge on any atom is -0.374 e. The zero-order valence-electron chi connectivity index (χ0n) is 9.93. The summed E-state index contributed by atoms with van der Waals surface area (Å²) in [5.41, 5.74) is 0. The van der Waals surface area contributed by atoms with Gasteiger partial charge in [0.1, 0.15) is 0 Å². The van der Waals surface area contributed by atoms with Crippen molar-refractivity contribution in [2.45, 2.75) is 6.42 Å². The molecule has 0 aromatic rings. The lowest BCUT2D eigenvalue weighted by Crippen LogP contribution is -2.22. The van der Waals surface area contributed by atoms with E-state index in [9.17, 15) is 16.8 Å². The van der Waals surface area contributed by atoms with Crippen molar-refractivity contribution in [2.24, 2.45) is 0 Å². The van der Waals surface area contributed by atoms with Gasteiger partial charge in [-0.3, -0.25) is 9.11 Å². The van der Waals surface area contributed by atoms with Crippen LogP contribution in [0.1, 0.15) is 6.42 Å². The van der Waals surface area contributed by atoms with E-state index >= 15 is 0 Å². The fourth-order valence-electron chi connectivity index (χ4n) is 1.12. The lowest BCUT2D eigenvalue weighted by atomic mass is 10.3. The van der Waals surface area contributed by atoms with Gasteiger partial charge in [0.25, 0.3) is 20.2 Å². The molecule has 0 aliphatic carbocycles. The lowest BCUT2D eigenvalue weighted by molar-refractivity contribution is 0.406. The molecule has 0 aromatic carbocycles. The van der Waals surface area contributed by atoms with Crippen molar-refractivity contribution in [3.8, 4) is 0 Å².